The van der Waals surface area contributed by atoms with Crippen LogP contribution in [0.4, 0.5) is 10.5 Å². The zero-order chi connectivity index (χ0) is 18.5. The van der Waals surface area contributed by atoms with Crippen molar-refractivity contribution in [3.8, 4) is 0 Å². The van der Waals surface area contributed by atoms with E-state index in [1.807, 2.05) is 18.3 Å². The second kappa shape index (κ2) is 8.50. The van der Waals surface area contributed by atoms with Crippen molar-refractivity contribution in [1.82, 2.24) is 15.2 Å². The number of amides is 2. The SMILES string of the molecule is O=C(NCC(c1cccnc1)N1CCOCC1)Nc1ccc2c(c1)CCC2. The Morgan fingerprint density at radius 1 is 1.19 bits per heavy atom. The normalized spacial score (nSPS) is 17.9. The van der Waals surface area contributed by atoms with Crippen molar-refractivity contribution >= 4 is 11.7 Å². The highest BCUT2D eigenvalue weighted by Crippen LogP contribution is 2.25. The van der Waals surface area contributed by atoms with Crippen LogP contribution in [-0.4, -0.2) is 48.8 Å². The number of benzene rings is 1. The predicted octanol–water partition coefficient (Wildman–Crippen LogP) is 2.77. The molecule has 0 spiro atoms. The Labute approximate surface area is 159 Å². The van der Waals surface area contributed by atoms with Crippen molar-refractivity contribution in [2.45, 2.75) is 25.3 Å². The number of rotatable bonds is 5. The second-order valence-electron chi connectivity index (χ2n) is 7.12. The molecule has 2 aliphatic rings. The van der Waals surface area contributed by atoms with E-state index < -0.39 is 0 Å². The summed E-state index contributed by atoms with van der Waals surface area (Å²) in [7, 11) is 0. The van der Waals surface area contributed by atoms with E-state index in [1.165, 1.54) is 17.5 Å². The Hall–Kier alpha value is -2.44. The molecule has 4 rings (SSSR count). The molecule has 2 N–H and O–H groups in total. The minimum absolute atomic E-state index is 0.0911. The third kappa shape index (κ3) is 4.46. The van der Waals surface area contributed by atoms with E-state index in [0.717, 1.165) is 50.4 Å². The fourth-order valence-electron chi connectivity index (χ4n) is 3.93. The molecule has 1 saturated heterocycles. The Morgan fingerprint density at radius 2 is 2.04 bits per heavy atom. The molecule has 2 aromatic rings. The van der Waals surface area contributed by atoms with Crippen molar-refractivity contribution in [3.05, 3.63) is 59.4 Å². The maximum atomic E-state index is 12.5. The van der Waals surface area contributed by atoms with Gasteiger partial charge in [0.1, 0.15) is 0 Å². The molecule has 2 amide bonds. The summed E-state index contributed by atoms with van der Waals surface area (Å²) in [6.45, 7) is 3.68. The molecular formula is C21H26N4O2. The summed E-state index contributed by atoms with van der Waals surface area (Å²) >= 11 is 0. The summed E-state index contributed by atoms with van der Waals surface area (Å²) in [5.74, 6) is 0. The van der Waals surface area contributed by atoms with Crippen molar-refractivity contribution < 1.29 is 9.53 Å². The standard InChI is InChI=1S/C21H26N4O2/c26-21(24-19-7-6-16-3-1-4-17(16)13-19)23-15-20(18-5-2-8-22-14-18)25-9-11-27-12-10-25/h2,5-8,13-14,20H,1,3-4,9-12,15H2,(H2,23,24,26). The molecule has 27 heavy (non-hydrogen) atoms. The predicted molar refractivity (Wildman–Crippen MR) is 105 cm³/mol. The number of ether oxygens (including phenoxy) is 1. The van der Waals surface area contributed by atoms with Crippen LogP contribution in [-0.2, 0) is 17.6 Å². The minimum atomic E-state index is -0.171. The number of anilines is 1. The number of fused-ring (bicyclic) bond motifs is 1. The maximum Gasteiger partial charge on any atom is 0.319 e. The first-order valence-electron chi connectivity index (χ1n) is 9.68. The van der Waals surface area contributed by atoms with Gasteiger partial charge in [0.15, 0.2) is 0 Å². The van der Waals surface area contributed by atoms with Gasteiger partial charge < -0.3 is 15.4 Å². The molecule has 142 valence electrons. The summed E-state index contributed by atoms with van der Waals surface area (Å²) in [5.41, 5.74) is 4.73. The van der Waals surface area contributed by atoms with Gasteiger partial charge in [-0.05, 0) is 54.2 Å². The largest absolute Gasteiger partial charge is 0.379 e. The number of nitrogens with zero attached hydrogens (tertiary/aromatic N) is 2. The van der Waals surface area contributed by atoms with Crippen LogP contribution in [0.15, 0.2) is 42.7 Å². The molecule has 1 aliphatic carbocycles. The molecule has 2 heterocycles. The highest BCUT2D eigenvalue weighted by molar-refractivity contribution is 5.89. The topological polar surface area (TPSA) is 66.5 Å². The van der Waals surface area contributed by atoms with Crippen LogP contribution < -0.4 is 10.6 Å². The lowest BCUT2D eigenvalue weighted by Gasteiger charge is -2.34. The third-order valence-corrected chi connectivity index (χ3v) is 5.37. The molecular weight excluding hydrogens is 340 g/mol. The van der Waals surface area contributed by atoms with Crippen LogP contribution in [0.3, 0.4) is 0 Å². The van der Waals surface area contributed by atoms with Crippen LogP contribution in [0.2, 0.25) is 0 Å². The number of nitrogens with one attached hydrogen (secondary N) is 2. The molecule has 0 bridgehead atoms. The Balaban J connectivity index is 1.38. The lowest BCUT2D eigenvalue weighted by Crippen LogP contribution is -2.44. The van der Waals surface area contributed by atoms with E-state index in [1.54, 1.807) is 6.20 Å². The molecule has 6 nitrogen and oxygen atoms in total. The zero-order valence-corrected chi connectivity index (χ0v) is 15.5. The van der Waals surface area contributed by atoms with Gasteiger partial charge in [-0.3, -0.25) is 9.88 Å². The summed E-state index contributed by atoms with van der Waals surface area (Å²) in [6, 6.07) is 10.1. The van der Waals surface area contributed by atoms with Gasteiger partial charge in [-0.1, -0.05) is 12.1 Å². The monoisotopic (exact) mass is 366 g/mol. The van der Waals surface area contributed by atoms with Gasteiger partial charge in [-0.15, -0.1) is 0 Å². The molecule has 0 radical (unpaired) electrons. The van der Waals surface area contributed by atoms with E-state index in [-0.39, 0.29) is 12.1 Å². The molecule has 1 fully saturated rings. The summed E-state index contributed by atoms with van der Waals surface area (Å²) in [4.78, 5) is 19.0. The van der Waals surface area contributed by atoms with Gasteiger partial charge >= 0.3 is 6.03 Å². The number of hydrogen-bond acceptors (Lipinski definition) is 4. The molecule has 1 unspecified atom stereocenters. The molecule has 1 aromatic carbocycles. The Bertz CT molecular complexity index is 775. The molecule has 6 heteroatoms. The van der Waals surface area contributed by atoms with Crippen LogP contribution in [0, 0.1) is 0 Å². The van der Waals surface area contributed by atoms with Gasteiger partial charge in [-0.25, -0.2) is 4.79 Å². The van der Waals surface area contributed by atoms with Crippen molar-refractivity contribution in [3.63, 3.8) is 0 Å². The maximum absolute atomic E-state index is 12.5. The summed E-state index contributed by atoms with van der Waals surface area (Å²) in [5, 5.41) is 6.01. The lowest BCUT2D eigenvalue weighted by molar-refractivity contribution is 0.0167. The van der Waals surface area contributed by atoms with Crippen molar-refractivity contribution in [1.29, 1.82) is 0 Å². The van der Waals surface area contributed by atoms with E-state index in [2.05, 4.69) is 38.7 Å². The van der Waals surface area contributed by atoms with Crippen LogP contribution >= 0.6 is 0 Å². The Morgan fingerprint density at radius 3 is 2.85 bits per heavy atom. The highest BCUT2D eigenvalue weighted by atomic mass is 16.5. The smallest absolute Gasteiger partial charge is 0.319 e. The average molecular weight is 366 g/mol. The van der Waals surface area contributed by atoms with E-state index >= 15 is 0 Å². The fourth-order valence-corrected chi connectivity index (χ4v) is 3.93. The molecule has 1 aliphatic heterocycles. The number of pyridine rings is 1. The zero-order valence-electron chi connectivity index (χ0n) is 15.5. The first kappa shape index (κ1) is 17.9. The van der Waals surface area contributed by atoms with Crippen molar-refractivity contribution in [2.75, 3.05) is 38.2 Å². The average Bonchev–Trinajstić information content (AvgIpc) is 3.18. The van der Waals surface area contributed by atoms with Crippen LogP contribution in [0.25, 0.3) is 0 Å². The number of morpholine rings is 1. The highest BCUT2D eigenvalue weighted by Gasteiger charge is 2.23. The van der Waals surface area contributed by atoms with Crippen molar-refractivity contribution in [2.24, 2.45) is 0 Å². The molecule has 1 aromatic heterocycles. The van der Waals surface area contributed by atoms with Gasteiger partial charge in [-0.2, -0.15) is 0 Å². The quantitative estimate of drug-likeness (QED) is 0.854. The first-order chi connectivity index (χ1) is 13.3. The van der Waals surface area contributed by atoms with E-state index in [0.29, 0.717) is 6.54 Å². The first-order valence-corrected chi connectivity index (χ1v) is 9.68. The number of carbonyl (C=O) groups is 1. The van der Waals surface area contributed by atoms with E-state index in [9.17, 15) is 4.79 Å². The lowest BCUT2D eigenvalue weighted by atomic mass is 10.1. The van der Waals surface area contributed by atoms with Crippen LogP contribution in [0.5, 0.6) is 0 Å². The fraction of sp³-hybridized carbons (Fsp3) is 0.429. The number of carbonyl (C=O) groups excluding carboxylic acids is 1. The number of aromatic nitrogens is 1. The van der Waals surface area contributed by atoms with Gasteiger partial charge in [0, 0.05) is 37.7 Å². The van der Waals surface area contributed by atoms with Crippen LogP contribution in [0.1, 0.15) is 29.2 Å². The van der Waals surface area contributed by atoms with Gasteiger partial charge in [0.2, 0.25) is 0 Å². The van der Waals surface area contributed by atoms with E-state index in [4.69, 9.17) is 4.74 Å². The number of hydrogen-bond donors (Lipinski definition) is 2. The summed E-state index contributed by atoms with van der Waals surface area (Å²) in [6.07, 6.45) is 7.10. The molecule has 0 saturated carbocycles. The van der Waals surface area contributed by atoms with Gasteiger partial charge in [0.05, 0.1) is 19.3 Å². The minimum Gasteiger partial charge on any atom is -0.379 e. The number of urea groups is 1. The third-order valence-electron chi connectivity index (χ3n) is 5.37. The molecule has 1 atom stereocenters. The Kier molecular flexibility index (Phi) is 5.65. The number of aryl methyl sites for hydroxylation is 2. The summed E-state index contributed by atoms with van der Waals surface area (Å²) < 4.78 is 5.47. The van der Waals surface area contributed by atoms with Gasteiger partial charge in [0.25, 0.3) is 0 Å². The second-order valence-corrected chi connectivity index (χ2v) is 7.12.